The molecule has 0 amide bonds. The van der Waals surface area contributed by atoms with Crippen molar-refractivity contribution in [3.63, 3.8) is 0 Å². The van der Waals surface area contributed by atoms with E-state index in [-0.39, 0.29) is 17.5 Å². The molecule has 0 unspecified atom stereocenters. The molecule has 3 heterocycles. The molecule has 170 valence electrons. The van der Waals surface area contributed by atoms with Crippen LogP contribution in [0.4, 0.5) is 14.6 Å². The van der Waals surface area contributed by atoms with Gasteiger partial charge in [0.05, 0.1) is 12.1 Å². The molecule has 0 radical (unpaired) electrons. The molecule has 1 aliphatic rings. The second kappa shape index (κ2) is 9.56. The molecule has 0 bridgehead atoms. The first kappa shape index (κ1) is 22.1. The number of halogens is 2. The van der Waals surface area contributed by atoms with Crippen LogP contribution in [0.3, 0.4) is 0 Å². The van der Waals surface area contributed by atoms with Gasteiger partial charge in [0, 0.05) is 43.9 Å². The van der Waals surface area contributed by atoms with Gasteiger partial charge in [-0.2, -0.15) is 13.8 Å². The van der Waals surface area contributed by atoms with Crippen molar-refractivity contribution in [1.29, 1.82) is 0 Å². The Labute approximate surface area is 185 Å². The number of rotatable bonds is 7. The SMILES string of the molecule is Cc1cc(N2CCN(Cc3nc(-c4ccccc4OC(F)F)no3)CC2)nc(C(C)C)n1. The number of piperazine rings is 1. The Hall–Kier alpha value is -3.14. The third-order valence-corrected chi connectivity index (χ3v) is 5.24. The van der Waals surface area contributed by atoms with Crippen LogP contribution < -0.4 is 9.64 Å². The van der Waals surface area contributed by atoms with Gasteiger partial charge in [-0.3, -0.25) is 4.90 Å². The Bertz CT molecular complexity index is 1050. The summed E-state index contributed by atoms with van der Waals surface area (Å²) in [6.07, 6.45) is 0. The molecule has 32 heavy (non-hydrogen) atoms. The van der Waals surface area contributed by atoms with Gasteiger partial charge in [0.2, 0.25) is 11.7 Å². The van der Waals surface area contributed by atoms with Gasteiger partial charge in [0.25, 0.3) is 0 Å². The minimum atomic E-state index is -2.92. The molecule has 0 atom stereocenters. The van der Waals surface area contributed by atoms with Gasteiger partial charge in [0.1, 0.15) is 17.4 Å². The number of para-hydroxylation sites is 1. The van der Waals surface area contributed by atoms with Crippen molar-refractivity contribution < 1.29 is 18.0 Å². The average Bonchev–Trinajstić information content (AvgIpc) is 3.22. The van der Waals surface area contributed by atoms with Crippen LogP contribution in [0, 0.1) is 6.92 Å². The standard InChI is InChI=1S/C22H26F2N6O2/c1-14(2)20-25-15(3)12-18(26-20)30-10-8-29(9-11-30)13-19-27-21(28-32-19)16-6-4-5-7-17(16)31-22(23)24/h4-7,12,14,22H,8-11,13H2,1-3H3. The third kappa shape index (κ3) is 5.18. The summed E-state index contributed by atoms with van der Waals surface area (Å²) in [5, 5.41) is 3.95. The van der Waals surface area contributed by atoms with Gasteiger partial charge in [-0.05, 0) is 19.1 Å². The Balaban J connectivity index is 1.39. The van der Waals surface area contributed by atoms with Gasteiger partial charge >= 0.3 is 6.61 Å². The van der Waals surface area contributed by atoms with Crippen LogP contribution in [0.5, 0.6) is 5.75 Å². The number of alkyl halides is 2. The van der Waals surface area contributed by atoms with Crippen molar-refractivity contribution in [1.82, 2.24) is 25.0 Å². The van der Waals surface area contributed by atoms with Crippen LogP contribution in [-0.4, -0.2) is 57.8 Å². The van der Waals surface area contributed by atoms with Crippen LogP contribution in [0.1, 0.15) is 37.2 Å². The fraction of sp³-hybridized carbons (Fsp3) is 0.455. The van der Waals surface area contributed by atoms with E-state index in [2.05, 4.69) is 43.5 Å². The monoisotopic (exact) mass is 444 g/mol. The van der Waals surface area contributed by atoms with E-state index in [0.717, 1.165) is 43.5 Å². The Morgan fingerprint density at radius 1 is 1.06 bits per heavy atom. The van der Waals surface area contributed by atoms with Crippen LogP contribution in [-0.2, 0) is 6.54 Å². The smallest absolute Gasteiger partial charge is 0.387 e. The predicted octanol–water partition coefficient (Wildman–Crippen LogP) is 3.88. The molecule has 1 aromatic carbocycles. The van der Waals surface area contributed by atoms with Gasteiger partial charge < -0.3 is 14.2 Å². The molecule has 1 saturated heterocycles. The summed E-state index contributed by atoms with van der Waals surface area (Å²) < 4.78 is 35.3. The first-order valence-corrected chi connectivity index (χ1v) is 10.6. The van der Waals surface area contributed by atoms with E-state index in [1.54, 1.807) is 18.2 Å². The Morgan fingerprint density at radius 3 is 2.53 bits per heavy atom. The highest BCUT2D eigenvalue weighted by Crippen LogP contribution is 2.29. The van der Waals surface area contributed by atoms with Crippen molar-refractivity contribution >= 4 is 5.82 Å². The summed E-state index contributed by atoms with van der Waals surface area (Å²) in [5.41, 5.74) is 1.34. The van der Waals surface area contributed by atoms with Crippen molar-refractivity contribution in [2.45, 2.75) is 39.8 Å². The molecule has 0 saturated carbocycles. The van der Waals surface area contributed by atoms with Crippen LogP contribution in [0.2, 0.25) is 0 Å². The van der Waals surface area contributed by atoms with Crippen molar-refractivity contribution in [2.24, 2.45) is 0 Å². The lowest BCUT2D eigenvalue weighted by molar-refractivity contribution is -0.0494. The highest BCUT2D eigenvalue weighted by Gasteiger charge is 2.22. The van der Waals surface area contributed by atoms with Crippen LogP contribution in [0.25, 0.3) is 11.4 Å². The average molecular weight is 444 g/mol. The molecular formula is C22H26F2N6O2. The Morgan fingerprint density at radius 2 is 1.81 bits per heavy atom. The summed E-state index contributed by atoms with van der Waals surface area (Å²) in [6.45, 7) is 6.99. The van der Waals surface area contributed by atoms with Gasteiger partial charge in [-0.1, -0.05) is 31.1 Å². The van der Waals surface area contributed by atoms with Gasteiger partial charge in [-0.15, -0.1) is 0 Å². The fourth-order valence-electron chi connectivity index (χ4n) is 3.60. The lowest BCUT2D eigenvalue weighted by Crippen LogP contribution is -2.46. The fourth-order valence-corrected chi connectivity index (χ4v) is 3.60. The Kier molecular flexibility index (Phi) is 6.59. The minimum absolute atomic E-state index is 0.0179. The molecule has 4 rings (SSSR count). The second-order valence-electron chi connectivity index (χ2n) is 8.03. The van der Waals surface area contributed by atoms with Crippen molar-refractivity contribution in [3.8, 4) is 17.1 Å². The zero-order valence-electron chi connectivity index (χ0n) is 18.3. The topological polar surface area (TPSA) is 80.4 Å². The molecule has 2 aromatic heterocycles. The van der Waals surface area contributed by atoms with E-state index in [1.165, 1.54) is 6.07 Å². The number of hydrogen-bond donors (Lipinski definition) is 0. The number of hydrogen-bond acceptors (Lipinski definition) is 8. The van der Waals surface area contributed by atoms with E-state index in [4.69, 9.17) is 9.51 Å². The maximum absolute atomic E-state index is 12.7. The van der Waals surface area contributed by atoms with Crippen molar-refractivity contribution in [3.05, 3.63) is 47.7 Å². The summed E-state index contributed by atoms with van der Waals surface area (Å²) in [5.74, 6) is 2.77. The first-order valence-electron chi connectivity index (χ1n) is 10.6. The van der Waals surface area contributed by atoms with E-state index in [1.807, 2.05) is 13.0 Å². The summed E-state index contributed by atoms with van der Waals surface area (Å²) >= 11 is 0. The predicted molar refractivity (Wildman–Crippen MR) is 115 cm³/mol. The molecule has 8 nitrogen and oxygen atoms in total. The molecule has 0 N–H and O–H groups in total. The second-order valence-corrected chi connectivity index (χ2v) is 8.03. The first-order chi connectivity index (χ1) is 15.4. The maximum atomic E-state index is 12.7. The molecular weight excluding hydrogens is 418 g/mol. The molecule has 10 heteroatoms. The molecule has 1 fully saturated rings. The quantitative estimate of drug-likeness (QED) is 0.543. The molecule has 3 aromatic rings. The number of aromatic nitrogens is 4. The zero-order chi connectivity index (χ0) is 22.7. The summed E-state index contributed by atoms with van der Waals surface area (Å²) in [6, 6.07) is 8.43. The molecule has 1 aliphatic heterocycles. The minimum Gasteiger partial charge on any atom is -0.434 e. The largest absolute Gasteiger partial charge is 0.434 e. The number of benzene rings is 1. The highest BCUT2D eigenvalue weighted by molar-refractivity contribution is 5.63. The zero-order valence-corrected chi connectivity index (χ0v) is 18.3. The summed E-state index contributed by atoms with van der Waals surface area (Å²) in [4.78, 5) is 18.1. The van der Waals surface area contributed by atoms with E-state index >= 15 is 0 Å². The lowest BCUT2D eigenvalue weighted by atomic mass is 10.2. The van der Waals surface area contributed by atoms with E-state index in [0.29, 0.717) is 18.0 Å². The van der Waals surface area contributed by atoms with Gasteiger partial charge in [-0.25, -0.2) is 9.97 Å². The van der Waals surface area contributed by atoms with Gasteiger partial charge in [0.15, 0.2) is 0 Å². The summed E-state index contributed by atoms with van der Waals surface area (Å²) in [7, 11) is 0. The third-order valence-electron chi connectivity index (χ3n) is 5.24. The lowest BCUT2D eigenvalue weighted by Gasteiger charge is -2.34. The van der Waals surface area contributed by atoms with Crippen molar-refractivity contribution in [2.75, 3.05) is 31.1 Å². The van der Waals surface area contributed by atoms with Crippen LogP contribution in [0.15, 0.2) is 34.9 Å². The highest BCUT2D eigenvalue weighted by atomic mass is 19.3. The van der Waals surface area contributed by atoms with Crippen LogP contribution >= 0.6 is 0 Å². The number of ether oxygens (including phenoxy) is 1. The molecule has 0 aliphatic carbocycles. The normalized spacial score (nSPS) is 15.0. The number of nitrogens with zero attached hydrogens (tertiary/aromatic N) is 6. The maximum Gasteiger partial charge on any atom is 0.387 e. The number of aryl methyl sites for hydroxylation is 1. The molecule has 0 spiro atoms. The number of anilines is 1. The van der Waals surface area contributed by atoms with E-state index in [9.17, 15) is 8.78 Å². The van der Waals surface area contributed by atoms with E-state index < -0.39 is 6.61 Å².